The van der Waals surface area contributed by atoms with Gasteiger partial charge in [0.1, 0.15) is 0 Å². The van der Waals surface area contributed by atoms with Crippen molar-refractivity contribution in [3.63, 3.8) is 0 Å². The third-order valence-electron chi connectivity index (χ3n) is 5.11. The molecule has 0 atom stereocenters. The van der Waals surface area contributed by atoms with Crippen LogP contribution >= 0.6 is 0 Å². The lowest BCUT2D eigenvalue weighted by atomic mass is 10.2. The molecule has 32 heavy (non-hydrogen) atoms. The normalized spacial score (nSPS) is 11.4. The van der Waals surface area contributed by atoms with E-state index in [4.69, 9.17) is 0 Å². The number of hydrogen-bond acceptors (Lipinski definition) is 4. The molecule has 3 aromatic rings. The Hall–Kier alpha value is -3.16. The standard InChI is InChI=1S/C25H29N3O3S/c1-19-9-10-20(2)24(17-19)32(30,31)27-23-13-11-22(12-14-23)25(29)26-15-16-28(3)18-21-7-5-4-6-8-21/h4-14,17,27H,15-16,18H2,1-3H3,(H,26,29). The van der Waals surface area contributed by atoms with Crippen LogP contribution in [0.5, 0.6) is 0 Å². The van der Waals surface area contributed by atoms with Crippen molar-refractivity contribution in [3.05, 3.63) is 95.1 Å². The summed E-state index contributed by atoms with van der Waals surface area (Å²) in [6.45, 7) is 5.66. The number of sulfonamides is 1. The predicted octanol–water partition coefficient (Wildman–Crippen LogP) is 3.97. The van der Waals surface area contributed by atoms with Gasteiger partial charge in [0.25, 0.3) is 15.9 Å². The lowest BCUT2D eigenvalue weighted by molar-refractivity contribution is 0.0949. The molecule has 6 nitrogen and oxygen atoms in total. The van der Waals surface area contributed by atoms with Crippen LogP contribution in [-0.2, 0) is 16.6 Å². The van der Waals surface area contributed by atoms with E-state index in [0.717, 1.165) is 12.1 Å². The molecule has 0 fully saturated rings. The van der Waals surface area contributed by atoms with E-state index in [1.807, 2.05) is 38.2 Å². The number of carbonyl (C=O) groups is 1. The van der Waals surface area contributed by atoms with Gasteiger partial charge in [-0.1, -0.05) is 42.5 Å². The maximum Gasteiger partial charge on any atom is 0.262 e. The molecule has 3 rings (SSSR count). The molecular formula is C25H29N3O3S. The van der Waals surface area contributed by atoms with Crippen LogP contribution in [-0.4, -0.2) is 39.4 Å². The maximum atomic E-state index is 12.7. The Kier molecular flexibility index (Phi) is 7.66. The summed E-state index contributed by atoms with van der Waals surface area (Å²) in [7, 11) is -1.70. The van der Waals surface area contributed by atoms with E-state index in [-0.39, 0.29) is 10.8 Å². The smallest absolute Gasteiger partial charge is 0.262 e. The molecule has 0 bridgehead atoms. The minimum atomic E-state index is -3.71. The van der Waals surface area contributed by atoms with Gasteiger partial charge in [0.15, 0.2) is 0 Å². The first-order valence-electron chi connectivity index (χ1n) is 10.5. The van der Waals surface area contributed by atoms with E-state index in [0.29, 0.717) is 29.9 Å². The van der Waals surface area contributed by atoms with Crippen LogP contribution in [0.2, 0.25) is 0 Å². The Morgan fingerprint density at radius 2 is 1.62 bits per heavy atom. The summed E-state index contributed by atoms with van der Waals surface area (Å²) in [5.41, 5.74) is 3.66. The van der Waals surface area contributed by atoms with E-state index in [1.54, 1.807) is 43.3 Å². The number of anilines is 1. The fourth-order valence-corrected chi connectivity index (χ4v) is 4.72. The van der Waals surface area contributed by atoms with Crippen molar-refractivity contribution in [2.24, 2.45) is 0 Å². The van der Waals surface area contributed by atoms with Gasteiger partial charge < -0.3 is 10.2 Å². The molecule has 0 aliphatic heterocycles. The minimum Gasteiger partial charge on any atom is -0.351 e. The van der Waals surface area contributed by atoms with E-state index < -0.39 is 10.0 Å². The van der Waals surface area contributed by atoms with E-state index >= 15 is 0 Å². The Morgan fingerprint density at radius 3 is 2.31 bits per heavy atom. The molecule has 168 valence electrons. The number of nitrogens with zero attached hydrogens (tertiary/aromatic N) is 1. The third-order valence-corrected chi connectivity index (χ3v) is 6.63. The van der Waals surface area contributed by atoms with Crippen molar-refractivity contribution in [1.29, 1.82) is 0 Å². The molecule has 0 spiro atoms. The third kappa shape index (κ3) is 6.42. The van der Waals surface area contributed by atoms with Gasteiger partial charge in [0, 0.05) is 30.9 Å². The fraction of sp³-hybridized carbons (Fsp3) is 0.240. The molecule has 0 aliphatic carbocycles. The summed E-state index contributed by atoms with van der Waals surface area (Å²) in [6.07, 6.45) is 0. The summed E-state index contributed by atoms with van der Waals surface area (Å²) in [5, 5.41) is 2.90. The van der Waals surface area contributed by atoms with Crippen LogP contribution in [0.3, 0.4) is 0 Å². The van der Waals surface area contributed by atoms with Crippen molar-refractivity contribution in [1.82, 2.24) is 10.2 Å². The highest BCUT2D eigenvalue weighted by molar-refractivity contribution is 7.92. The SMILES string of the molecule is Cc1ccc(C)c(S(=O)(=O)Nc2ccc(C(=O)NCCN(C)Cc3ccccc3)cc2)c1. The number of amides is 1. The quantitative estimate of drug-likeness (QED) is 0.516. The molecular weight excluding hydrogens is 422 g/mol. The maximum absolute atomic E-state index is 12.7. The first kappa shape index (κ1) is 23.5. The van der Waals surface area contributed by atoms with Crippen LogP contribution in [0, 0.1) is 13.8 Å². The zero-order valence-electron chi connectivity index (χ0n) is 18.6. The molecule has 0 heterocycles. The summed E-state index contributed by atoms with van der Waals surface area (Å²) < 4.78 is 28.1. The topological polar surface area (TPSA) is 78.5 Å². The van der Waals surface area contributed by atoms with Gasteiger partial charge in [-0.15, -0.1) is 0 Å². The lowest BCUT2D eigenvalue weighted by Gasteiger charge is -2.17. The summed E-state index contributed by atoms with van der Waals surface area (Å²) in [6, 6.07) is 21.9. The molecule has 0 radical (unpaired) electrons. The second-order valence-corrected chi connectivity index (χ2v) is 9.58. The van der Waals surface area contributed by atoms with E-state index in [1.165, 1.54) is 5.56 Å². The van der Waals surface area contributed by atoms with Gasteiger partial charge in [-0.05, 0) is 67.9 Å². The van der Waals surface area contributed by atoms with Crippen molar-refractivity contribution in [2.75, 3.05) is 24.9 Å². The second kappa shape index (κ2) is 10.4. The highest BCUT2D eigenvalue weighted by Gasteiger charge is 2.17. The Balaban J connectivity index is 1.53. The number of likely N-dealkylation sites (N-methyl/N-ethyl adjacent to an activating group) is 1. The molecule has 0 unspecified atom stereocenters. The van der Waals surface area contributed by atoms with E-state index in [2.05, 4.69) is 27.1 Å². The molecule has 1 amide bonds. The summed E-state index contributed by atoms with van der Waals surface area (Å²) in [4.78, 5) is 14.8. The first-order valence-corrected chi connectivity index (χ1v) is 11.9. The minimum absolute atomic E-state index is 0.193. The molecule has 0 saturated carbocycles. The van der Waals surface area contributed by atoms with Crippen LogP contribution in [0.25, 0.3) is 0 Å². The molecule has 2 N–H and O–H groups in total. The number of rotatable bonds is 9. The van der Waals surface area contributed by atoms with E-state index in [9.17, 15) is 13.2 Å². The predicted molar refractivity (Wildman–Crippen MR) is 128 cm³/mol. The monoisotopic (exact) mass is 451 g/mol. The second-order valence-electron chi connectivity index (χ2n) is 7.93. The Morgan fingerprint density at radius 1 is 0.938 bits per heavy atom. The molecule has 7 heteroatoms. The lowest BCUT2D eigenvalue weighted by Crippen LogP contribution is -2.32. The van der Waals surface area contributed by atoms with Gasteiger partial charge in [-0.2, -0.15) is 0 Å². The van der Waals surface area contributed by atoms with Crippen molar-refractivity contribution >= 4 is 21.6 Å². The Bertz CT molecular complexity index is 1160. The van der Waals surface area contributed by atoms with Crippen molar-refractivity contribution in [2.45, 2.75) is 25.3 Å². The number of benzene rings is 3. The highest BCUT2D eigenvalue weighted by atomic mass is 32.2. The van der Waals surface area contributed by atoms with Crippen LogP contribution in [0.4, 0.5) is 5.69 Å². The number of aryl methyl sites for hydroxylation is 2. The van der Waals surface area contributed by atoms with Gasteiger partial charge in [0.2, 0.25) is 0 Å². The zero-order chi connectivity index (χ0) is 23.1. The molecule has 3 aromatic carbocycles. The van der Waals surface area contributed by atoms with Gasteiger partial charge >= 0.3 is 0 Å². The fourth-order valence-electron chi connectivity index (χ4n) is 3.33. The van der Waals surface area contributed by atoms with Gasteiger partial charge in [-0.3, -0.25) is 9.52 Å². The van der Waals surface area contributed by atoms with Crippen molar-refractivity contribution < 1.29 is 13.2 Å². The number of hydrogen-bond donors (Lipinski definition) is 2. The van der Waals surface area contributed by atoms with Gasteiger partial charge in [0.05, 0.1) is 4.90 Å². The van der Waals surface area contributed by atoms with Crippen LogP contribution in [0.15, 0.2) is 77.7 Å². The Labute approximate surface area is 190 Å². The van der Waals surface area contributed by atoms with Crippen LogP contribution < -0.4 is 10.0 Å². The molecule has 0 aliphatic rings. The number of carbonyl (C=O) groups excluding carboxylic acids is 1. The first-order chi connectivity index (χ1) is 15.2. The highest BCUT2D eigenvalue weighted by Crippen LogP contribution is 2.21. The average molecular weight is 452 g/mol. The largest absolute Gasteiger partial charge is 0.351 e. The van der Waals surface area contributed by atoms with Crippen LogP contribution in [0.1, 0.15) is 27.0 Å². The average Bonchev–Trinajstić information content (AvgIpc) is 2.76. The molecule has 0 saturated heterocycles. The van der Waals surface area contributed by atoms with Gasteiger partial charge in [-0.25, -0.2) is 8.42 Å². The summed E-state index contributed by atoms with van der Waals surface area (Å²) in [5.74, 6) is -0.193. The van der Waals surface area contributed by atoms with Crippen molar-refractivity contribution in [3.8, 4) is 0 Å². The summed E-state index contributed by atoms with van der Waals surface area (Å²) >= 11 is 0. The molecule has 0 aromatic heterocycles. The zero-order valence-corrected chi connectivity index (χ0v) is 19.4. The number of nitrogens with one attached hydrogen (secondary N) is 2.